The van der Waals surface area contributed by atoms with Crippen LogP contribution in [0.25, 0.3) is 11.3 Å². The van der Waals surface area contributed by atoms with Crippen molar-refractivity contribution in [1.82, 2.24) is 14.7 Å². The molecule has 9 nitrogen and oxygen atoms in total. The molecule has 0 unspecified atom stereocenters. The van der Waals surface area contributed by atoms with Crippen LogP contribution in [0.3, 0.4) is 0 Å². The summed E-state index contributed by atoms with van der Waals surface area (Å²) in [5, 5.41) is 15.1. The van der Waals surface area contributed by atoms with Gasteiger partial charge in [0.05, 0.1) is 28.8 Å². The molecule has 3 rings (SSSR count). The smallest absolute Gasteiger partial charge is 0.394 e. The molecular formula is C26H30F3N5O4S. The summed E-state index contributed by atoms with van der Waals surface area (Å²) in [6.07, 6.45) is -3.29. The highest BCUT2D eigenvalue weighted by molar-refractivity contribution is 7.89. The maximum absolute atomic E-state index is 13.3. The van der Waals surface area contributed by atoms with Crippen LogP contribution < -0.4 is 15.4 Å². The maximum Gasteiger partial charge on any atom is 0.416 e. The van der Waals surface area contributed by atoms with E-state index in [2.05, 4.69) is 25.3 Å². The van der Waals surface area contributed by atoms with Gasteiger partial charge in [0.1, 0.15) is 11.5 Å². The molecule has 39 heavy (non-hydrogen) atoms. The minimum absolute atomic E-state index is 0.0156. The topological polar surface area (TPSA) is 133 Å². The van der Waals surface area contributed by atoms with Gasteiger partial charge in [-0.1, -0.05) is 18.2 Å². The molecule has 0 saturated carbocycles. The molecule has 210 valence electrons. The van der Waals surface area contributed by atoms with Crippen molar-refractivity contribution in [3.63, 3.8) is 0 Å². The molecule has 4 N–H and O–H groups in total. The fourth-order valence-electron chi connectivity index (χ4n) is 3.41. The molecule has 0 aliphatic heterocycles. The fourth-order valence-corrected chi connectivity index (χ4v) is 4.88. The number of amides is 1. The second-order valence-corrected chi connectivity index (χ2v) is 12.2. The van der Waals surface area contributed by atoms with Gasteiger partial charge >= 0.3 is 6.18 Å². The fraction of sp³-hybridized carbons (Fsp3) is 0.346. The van der Waals surface area contributed by atoms with Crippen molar-refractivity contribution in [2.24, 2.45) is 0 Å². The highest BCUT2D eigenvalue weighted by Crippen LogP contribution is 2.32. The number of nitrogens with zero attached hydrogens (tertiary/aromatic N) is 2. The summed E-state index contributed by atoms with van der Waals surface area (Å²) in [4.78, 5) is 21.8. The summed E-state index contributed by atoms with van der Waals surface area (Å²) in [6.45, 7) is 8.22. The zero-order valence-electron chi connectivity index (χ0n) is 22.0. The monoisotopic (exact) mass is 565 g/mol. The molecule has 0 aliphatic carbocycles. The van der Waals surface area contributed by atoms with Gasteiger partial charge in [-0.15, -0.1) is 0 Å². The minimum atomic E-state index is -4.55. The lowest BCUT2D eigenvalue weighted by Gasteiger charge is -2.24. The number of anilines is 2. The zero-order chi connectivity index (χ0) is 29.2. The lowest BCUT2D eigenvalue weighted by Crippen LogP contribution is -2.40. The molecule has 0 saturated heterocycles. The Morgan fingerprint density at radius 2 is 1.64 bits per heavy atom. The molecule has 0 aliphatic rings. The predicted molar refractivity (Wildman–Crippen MR) is 142 cm³/mol. The molecule has 1 heterocycles. The molecule has 3 aromatic rings. The van der Waals surface area contributed by atoms with Crippen LogP contribution >= 0.6 is 0 Å². The number of alkyl halides is 3. The van der Waals surface area contributed by atoms with Gasteiger partial charge in [-0.25, -0.2) is 23.1 Å². The number of halogens is 3. The third-order valence-electron chi connectivity index (χ3n) is 5.18. The number of aliphatic hydroxyl groups is 1. The number of carbonyl (C=O) groups excluding carboxylic acids is 1. The van der Waals surface area contributed by atoms with Gasteiger partial charge in [0.25, 0.3) is 5.91 Å². The predicted octanol–water partition coefficient (Wildman–Crippen LogP) is 4.67. The first-order chi connectivity index (χ1) is 17.9. The van der Waals surface area contributed by atoms with Gasteiger partial charge < -0.3 is 15.7 Å². The summed E-state index contributed by atoms with van der Waals surface area (Å²) < 4.78 is 67.3. The van der Waals surface area contributed by atoms with Crippen molar-refractivity contribution in [3.05, 3.63) is 66.0 Å². The van der Waals surface area contributed by atoms with Crippen LogP contribution in [0.1, 0.15) is 50.7 Å². The van der Waals surface area contributed by atoms with Gasteiger partial charge in [-0.3, -0.25) is 4.79 Å². The van der Waals surface area contributed by atoms with Crippen LogP contribution in [-0.4, -0.2) is 47.1 Å². The van der Waals surface area contributed by atoms with Crippen LogP contribution in [0.4, 0.5) is 24.7 Å². The largest absolute Gasteiger partial charge is 0.416 e. The molecule has 1 aromatic heterocycles. The van der Waals surface area contributed by atoms with Gasteiger partial charge in [0.15, 0.2) is 5.69 Å². The number of carbonyl (C=O) groups is 1. The third-order valence-corrected chi connectivity index (χ3v) is 6.93. The highest BCUT2D eigenvalue weighted by atomic mass is 32.2. The van der Waals surface area contributed by atoms with Crippen LogP contribution in [0.15, 0.2) is 59.6 Å². The van der Waals surface area contributed by atoms with E-state index in [-0.39, 0.29) is 40.0 Å². The Balaban J connectivity index is 2.01. The van der Waals surface area contributed by atoms with Gasteiger partial charge in [-0.2, -0.15) is 13.2 Å². The number of aliphatic hydroxyl groups excluding tert-OH is 1. The Labute approximate surface area is 224 Å². The molecule has 0 fully saturated rings. The van der Waals surface area contributed by atoms with Crippen LogP contribution in [-0.2, 0) is 16.2 Å². The van der Waals surface area contributed by atoms with E-state index in [4.69, 9.17) is 0 Å². The second-order valence-electron chi connectivity index (χ2n) is 10.5. The second kappa shape index (κ2) is 10.9. The minimum Gasteiger partial charge on any atom is -0.394 e. The Morgan fingerprint density at radius 3 is 2.21 bits per heavy atom. The number of sulfonamides is 1. The zero-order valence-corrected chi connectivity index (χ0v) is 22.8. The van der Waals surface area contributed by atoms with Crippen LogP contribution in [0.2, 0.25) is 0 Å². The normalized spacial score (nSPS) is 12.7. The van der Waals surface area contributed by atoms with Crippen LogP contribution in [0, 0.1) is 0 Å². The first-order valence-corrected chi connectivity index (χ1v) is 13.3. The summed E-state index contributed by atoms with van der Waals surface area (Å²) in [5.74, 6) is -0.578. The SMILES string of the molecule is CC(C)(C)NS(=O)(=O)c1cccc(NC(=O)c2ncc(NC(C)(C)CO)nc2-c2ccc(C(F)(F)F)cc2)c1. The number of hydrogen-bond acceptors (Lipinski definition) is 7. The molecular weight excluding hydrogens is 535 g/mol. The summed E-state index contributed by atoms with van der Waals surface area (Å²) in [5.41, 5.74) is -2.28. The van der Waals surface area contributed by atoms with Gasteiger partial charge in [0, 0.05) is 16.8 Å². The summed E-state index contributed by atoms with van der Waals surface area (Å²) in [6, 6.07) is 9.68. The van der Waals surface area contributed by atoms with E-state index in [1.165, 1.54) is 42.6 Å². The van der Waals surface area contributed by atoms with Crippen molar-refractivity contribution in [3.8, 4) is 11.3 Å². The maximum atomic E-state index is 13.3. The van der Waals surface area contributed by atoms with E-state index >= 15 is 0 Å². The standard InChI is InChI=1S/C26H30F3N5O4S/c1-24(2,3)34-39(37,38)19-8-6-7-18(13-19)31-23(36)22-21(16-9-11-17(12-10-16)26(27,28)29)32-20(14-30-22)33-25(4,5)15-35/h6-14,34-35H,15H2,1-5H3,(H,31,36)(H,32,33). The molecule has 0 spiro atoms. The molecule has 2 aromatic carbocycles. The Morgan fingerprint density at radius 1 is 1.00 bits per heavy atom. The molecule has 1 amide bonds. The van der Waals surface area contributed by atoms with E-state index < -0.39 is 38.7 Å². The Bertz CT molecular complexity index is 1450. The number of nitrogens with one attached hydrogen (secondary N) is 3. The molecule has 0 atom stereocenters. The van der Waals surface area contributed by atoms with Crippen molar-refractivity contribution in [2.75, 3.05) is 17.2 Å². The van der Waals surface area contributed by atoms with Gasteiger partial charge in [-0.05, 0) is 65.0 Å². The quantitative estimate of drug-likeness (QED) is 0.312. The lowest BCUT2D eigenvalue weighted by molar-refractivity contribution is -0.137. The van der Waals surface area contributed by atoms with Crippen molar-refractivity contribution < 1.29 is 31.5 Å². The first kappa shape index (κ1) is 30.0. The average molecular weight is 566 g/mol. The van der Waals surface area contributed by atoms with E-state index in [1.54, 1.807) is 34.6 Å². The van der Waals surface area contributed by atoms with E-state index in [1.807, 2.05) is 0 Å². The highest BCUT2D eigenvalue weighted by Gasteiger charge is 2.30. The number of hydrogen-bond donors (Lipinski definition) is 4. The Kier molecular flexibility index (Phi) is 8.39. The van der Waals surface area contributed by atoms with Crippen LogP contribution in [0.5, 0.6) is 0 Å². The Hall–Kier alpha value is -3.55. The number of aromatic nitrogens is 2. The van der Waals surface area contributed by atoms with E-state index in [0.717, 1.165) is 12.1 Å². The first-order valence-electron chi connectivity index (χ1n) is 11.8. The van der Waals surface area contributed by atoms with Crippen molar-refractivity contribution >= 4 is 27.4 Å². The number of rotatable bonds is 8. The summed E-state index contributed by atoms with van der Waals surface area (Å²) in [7, 11) is -3.88. The van der Waals surface area contributed by atoms with Crippen molar-refractivity contribution in [1.29, 1.82) is 0 Å². The average Bonchev–Trinajstić information content (AvgIpc) is 2.82. The molecule has 0 bridgehead atoms. The lowest BCUT2D eigenvalue weighted by atomic mass is 10.1. The third kappa shape index (κ3) is 7.97. The molecule has 13 heteroatoms. The summed E-state index contributed by atoms with van der Waals surface area (Å²) >= 11 is 0. The number of benzene rings is 2. The van der Waals surface area contributed by atoms with Crippen molar-refractivity contribution in [2.45, 2.75) is 56.8 Å². The van der Waals surface area contributed by atoms with E-state index in [0.29, 0.717) is 0 Å². The molecule has 0 radical (unpaired) electrons. The van der Waals surface area contributed by atoms with Gasteiger partial charge in [0.2, 0.25) is 10.0 Å². The van der Waals surface area contributed by atoms with E-state index in [9.17, 15) is 31.5 Å².